The standard InChI is InChI=1S/C11H9BrF2N2/c1-6-15-10(11(12)16(6)2)8-4-3-7(13)5-9(8)14/h3-5H,1-2H3. The molecule has 0 radical (unpaired) electrons. The Morgan fingerprint density at radius 2 is 2.00 bits per heavy atom. The van der Waals surface area contributed by atoms with Crippen LogP contribution in [0.2, 0.25) is 0 Å². The molecular formula is C11H9BrF2N2. The van der Waals surface area contributed by atoms with Crippen molar-refractivity contribution in [3.8, 4) is 11.3 Å². The summed E-state index contributed by atoms with van der Waals surface area (Å²) in [6.45, 7) is 1.82. The van der Waals surface area contributed by atoms with Crippen molar-refractivity contribution in [3.05, 3.63) is 40.3 Å². The molecule has 0 aliphatic rings. The second-order valence-electron chi connectivity index (χ2n) is 3.48. The third-order valence-electron chi connectivity index (χ3n) is 2.44. The first-order chi connectivity index (χ1) is 7.50. The van der Waals surface area contributed by atoms with E-state index in [-0.39, 0.29) is 5.56 Å². The first-order valence-electron chi connectivity index (χ1n) is 4.65. The molecular weight excluding hydrogens is 278 g/mol. The molecule has 0 saturated heterocycles. The summed E-state index contributed by atoms with van der Waals surface area (Å²) in [5.74, 6) is -0.450. The smallest absolute Gasteiger partial charge is 0.135 e. The molecule has 0 aliphatic carbocycles. The fraction of sp³-hybridized carbons (Fsp3) is 0.182. The first-order valence-corrected chi connectivity index (χ1v) is 5.44. The molecule has 16 heavy (non-hydrogen) atoms. The van der Waals surface area contributed by atoms with Crippen LogP contribution >= 0.6 is 15.9 Å². The molecule has 0 aliphatic heterocycles. The number of rotatable bonds is 1. The van der Waals surface area contributed by atoms with E-state index in [0.717, 1.165) is 11.9 Å². The van der Waals surface area contributed by atoms with E-state index in [1.807, 2.05) is 14.0 Å². The topological polar surface area (TPSA) is 17.8 Å². The van der Waals surface area contributed by atoms with Crippen molar-refractivity contribution in [2.75, 3.05) is 0 Å². The van der Waals surface area contributed by atoms with Crippen LogP contribution in [-0.2, 0) is 7.05 Å². The third kappa shape index (κ3) is 1.75. The van der Waals surface area contributed by atoms with Gasteiger partial charge in [-0.1, -0.05) is 0 Å². The predicted octanol–water partition coefficient (Wildman–Crippen LogP) is 3.44. The third-order valence-corrected chi connectivity index (χ3v) is 3.34. The van der Waals surface area contributed by atoms with Gasteiger partial charge in [-0.2, -0.15) is 0 Å². The van der Waals surface area contributed by atoms with Gasteiger partial charge in [0, 0.05) is 18.7 Å². The molecule has 1 heterocycles. The van der Waals surface area contributed by atoms with Crippen LogP contribution in [0.25, 0.3) is 11.3 Å². The Hall–Kier alpha value is -1.23. The van der Waals surface area contributed by atoms with E-state index in [9.17, 15) is 8.78 Å². The first kappa shape index (κ1) is 11.3. The Morgan fingerprint density at radius 1 is 1.31 bits per heavy atom. The largest absolute Gasteiger partial charge is 0.326 e. The zero-order valence-electron chi connectivity index (χ0n) is 8.76. The van der Waals surface area contributed by atoms with Crippen molar-refractivity contribution >= 4 is 15.9 Å². The molecule has 0 saturated carbocycles. The van der Waals surface area contributed by atoms with Crippen LogP contribution in [0.3, 0.4) is 0 Å². The number of benzene rings is 1. The number of aryl methyl sites for hydroxylation is 1. The van der Waals surface area contributed by atoms with Gasteiger partial charge in [0.1, 0.15) is 27.8 Å². The highest BCUT2D eigenvalue weighted by Gasteiger charge is 2.15. The Labute approximate surface area is 100 Å². The van der Waals surface area contributed by atoms with Crippen molar-refractivity contribution in [2.24, 2.45) is 7.05 Å². The number of hydrogen-bond donors (Lipinski definition) is 0. The predicted molar refractivity (Wildman–Crippen MR) is 61.0 cm³/mol. The SMILES string of the molecule is Cc1nc(-c2ccc(F)cc2F)c(Br)n1C. The van der Waals surface area contributed by atoms with Crippen LogP contribution in [0.5, 0.6) is 0 Å². The minimum Gasteiger partial charge on any atom is -0.326 e. The molecule has 0 atom stereocenters. The highest BCUT2D eigenvalue weighted by molar-refractivity contribution is 9.10. The average molecular weight is 287 g/mol. The van der Waals surface area contributed by atoms with E-state index < -0.39 is 11.6 Å². The van der Waals surface area contributed by atoms with Gasteiger partial charge in [0.25, 0.3) is 0 Å². The van der Waals surface area contributed by atoms with Crippen LogP contribution in [0.15, 0.2) is 22.8 Å². The Bertz CT molecular complexity index is 549. The van der Waals surface area contributed by atoms with Gasteiger partial charge in [-0.05, 0) is 35.0 Å². The zero-order chi connectivity index (χ0) is 11.9. The van der Waals surface area contributed by atoms with Crippen LogP contribution in [0, 0.1) is 18.6 Å². The van der Waals surface area contributed by atoms with Crippen LogP contribution < -0.4 is 0 Å². The van der Waals surface area contributed by atoms with E-state index in [0.29, 0.717) is 10.3 Å². The lowest BCUT2D eigenvalue weighted by atomic mass is 10.1. The minimum atomic E-state index is -0.612. The van der Waals surface area contributed by atoms with Crippen LogP contribution in [0.1, 0.15) is 5.82 Å². The molecule has 0 amide bonds. The number of nitrogens with zero attached hydrogens (tertiary/aromatic N) is 2. The Kier molecular flexibility index (Phi) is 2.80. The van der Waals surface area contributed by atoms with Crippen molar-refractivity contribution in [3.63, 3.8) is 0 Å². The molecule has 0 fully saturated rings. The van der Waals surface area contributed by atoms with Crippen LogP contribution in [-0.4, -0.2) is 9.55 Å². The van der Waals surface area contributed by atoms with Gasteiger partial charge < -0.3 is 4.57 Å². The summed E-state index contributed by atoms with van der Waals surface area (Å²) in [5, 5.41) is 0. The molecule has 0 N–H and O–H groups in total. The fourth-order valence-electron chi connectivity index (χ4n) is 1.44. The molecule has 0 unspecified atom stereocenters. The molecule has 2 aromatic rings. The molecule has 84 valence electrons. The molecule has 0 bridgehead atoms. The van der Waals surface area contributed by atoms with Gasteiger partial charge in [-0.3, -0.25) is 0 Å². The van der Waals surface area contributed by atoms with Gasteiger partial charge in [-0.15, -0.1) is 0 Å². The number of imidazole rings is 1. The quantitative estimate of drug-likeness (QED) is 0.785. The fourth-order valence-corrected chi connectivity index (χ4v) is 2.00. The molecule has 0 spiro atoms. The normalized spacial score (nSPS) is 10.8. The monoisotopic (exact) mass is 286 g/mol. The molecule has 1 aromatic carbocycles. The average Bonchev–Trinajstić information content (AvgIpc) is 2.46. The van der Waals surface area contributed by atoms with E-state index >= 15 is 0 Å². The summed E-state index contributed by atoms with van der Waals surface area (Å²) in [5.41, 5.74) is 0.773. The maximum Gasteiger partial charge on any atom is 0.135 e. The van der Waals surface area contributed by atoms with Gasteiger partial charge >= 0.3 is 0 Å². The minimum absolute atomic E-state index is 0.289. The maximum absolute atomic E-state index is 13.5. The molecule has 2 nitrogen and oxygen atoms in total. The van der Waals surface area contributed by atoms with Crippen molar-refractivity contribution in [1.82, 2.24) is 9.55 Å². The summed E-state index contributed by atoms with van der Waals surface area (Å²) < 4.78 is 28.8. The van der Waals surface area contributed by atoms with Crippen LogP contribution in [0.4, 0.5) is 8.78 Å². The van der Waals surface area contributed by atoms with Gasteiger partial charge in [-0.25, -0.2) is 13.8 Å². The van der Waals surface area contributed by atoms with Gasteiger partial charge in [0.2, 0.25) is 0 Å². The van der Waals surface area contributed by atoms with Crippen molar-refractivity contribution < 1.29 is 8.78 Å². The lowest BCUT2D eigenvalue weighted by Crippen LogP contribution is -1.90. The van der Waals surface area contributed by atoms with E-state index in [1.165, 1.54) is 12.1 Å². The second-order valence-corrected chi connectivity index (χ2v) is 4.23. The number of hydrogen-bond acceptors (Lipinski definition) is 1. The highest BCUT2D eigenvalue weighted by atomic mass is 79.9. The summed E-state index contributed by atoms with van der Waals surface area (Å²) in [7, 11) is 1.82. The van der Waals surface area contributed by atoms with Crippen molar-refractivity contribution in [2.45, 2.75) is 6.92 Å². The Balaban J connectivity index is 2.63. The summed E-state index contributed by atoms with van der Waals surface area (Å²) in [6.07, 6.45) is 0. The van der Waals surface area contributed by atoms with E-state index in [2.05, 4.69) is 20.9 Å². The van der Waals surface area contributed by atoms with Crippen molar-refractivity contribution in [1.29, 1.82) is 0 Å². The molecule has 1 aromatic heterocycles. The van der Waals surface area contributed by atoms with Gasteiger partial charge in [0.05, 0.1) is 0 Å². The second kappa shape index (κ2) is 3.97. The molecule has 2 rings (SSSR count). The lowest BCUT2D eigenvalue weighted by molar-refractivity contribution is 0.585. The summed E-state index contributed by atoms with van der Waals surface area (Å²) >= 11 is 3.33. The lowest BCUT2D eigenvalue weighted by Gasteiger charge is -2.01. The number of aromatic nitrogens is 2. The van der Waals surface area contributed by atoms with E-state index in [4.69, 9.17) is 0 Å². The summed E-state index contributed by atoms with van der Waals surface area (Å²) in [6, 6.07) is 3.46. The zero-order valence-corrected chi connectivity index (χ0v) is 10.3. The van der Waals surface area contributed by atoms with E-state index in [1.54, 1.807) is 4.57 Å². The maximum atomic E-state index is 13.5. The Morgan fingerprint density at radius 3 is 2.50 bits per heavy atom. The van der Waals surface area contributed by atoms with Gasteiger partial charge in [0.15, 0.2) is 0 Å². The summed E-state index contributed by atoms with van der Waals surface area (Å²) in [4.78, 5) is 4.22. The molecule has 5 heteroatoms. The number of halogens is 3. The highest BCUT2D eigenvalue weighted by Crippen LogP contribution is 2.29.